The van der Waals surface area contributed by atoms with Crippen molar-refractivity contribution in [3.63, 3.8) is 0 Å². The maximum Gasteiger partial charge on any atom is 0.110 e. The number of nitrogens with one attached hydrogen (secondary N) is 1. The molecular weight excluding hydrogens is 198 g/mol. The average Bonchev–Trinajstić information content (AvgIpc) is 2.74. The van der Waals surface area contributed by atoms with Gasteiger partial charge < -0.3 is 4.98 Å². The fourth-order valence-corrected chi connectivity index (χ4v) is 2.20. The van der Waals surface area contributed by atoms with E-state index < -0.39 is 0 Å². The van der Waals surface area contributed by atoms with Gasteiger partial charge in [0.1, 0.15) is 5.82 Å². The highest BCUT2D eigenvalue weighted by Crippen LogP contribution is 2.57. The molecule has 1 N–H and O–H groups in total. The SMILES string of the molecule is CC1(C)CC1c1nc2ccc(C#N)cc2[nH]1. The zero-order valence-electron chi connectivity index (χ0n) is 9.41. The zero-order valence-corrected chi connectivity index (χ0v) is 9.41. The number of aromatic amines is 1. The molecule has 2 aromatic rings. The van der Waals surface area contributed by atoms with E-state index in [-0.39, 0.29) is 0 Å². The molecule has 1 aliphatic rings. The van der Waals surface area contributed by atoms with E-state index in [0.717, 1.165) is 16.9 Å². The molecule has 1 aromatic heterocycles. The monoisotopic (exact) mass is 211 g/mol. The summed E-state index contributed by atoms with van der Waals surface area (Å²) in [4.78, 5) is 7.91. The van der Waals surface area contributed by atoms with Crippen molar-refractivity contribution in [2.24, 2.45) is 5.41 Å². The van der Waals surface area contributed by atoms with Crippen molar-refractivity contribution in [1.29, 1.82) is 5.26 Å². The molecule has 80 valence electrons. The first-order valence-corrected chi connectivity index (χ1v) is 5.50. The van der Waals surface area contributed by atoms with Crippen LogP contribution in [0.2, 0.25) is 0 Å². The molecule has 3 rings (SSSR count). The zero-order chi connectivity index (χ0) is 11.3. The van der Waals surface area contributed by atoms with Crippen molar-refractivity contribution >= 4 is 11.0 Å². The number of H-pyrrole nitrogens is 1. The standard InChI is InChI=1S/C13H13N3/c1-13(2)6-9(13)12-15-10-4-3-8(7-14)5-11(10)16-12/h3-5,9H,6H2,1-2H3,(H,15,16). The van der Waals surface area contributed by atoms with E-state index in [2.05, 4.69) is 29.9 Å². The van der Waals surface area contributed by atoms with Gasteiger partial charge in [0.05, 0.1) is 22.7 Å². The lowest BCUT2D eigenvalue weighted by atomic mass is 10.1. The molecule has 1 fully saturated rings. The van der Waals surface area contributed by atoms with Crippen LogP contribution in [-0.2, 0) is 0 Å². The van der Waals surface area contributed by atoms with E-state index in [4.69, 9.17) is 5.26 Å². The van der Waals surface area contributed by atoms with Crippen LogP contribution in [0.25, 0.3) is 11.0 Å². The molecule has 1 aliphatic carbocycles. The quantitative estimate of drug-likeness (QED) is 0.788. The fraction of sp³-hybridized carbons (Fsp3) is 0.385. The van der Waals surface area contributed by atoms with E-state index in [9.17, 15) is 0 Å². The highest BCUT2D eigenvalue weighted by atomic mass is 14.9. The van der Waals surface area contributed by atoms with Crippen LogP contribution in [0.15, 0.2) is 18.2 Å². The van der Waals surface area contributed by atoms with Gasteiger partial charge in [-0.15, -0.1) is 0 Å². The van der Waals surface area contributed by atoms with Gasteiger partial charge >= 0.3 is 0 Å². The maximum atomic E-state index is 8.82. The van der Waals surface area contributed by atoms with Crippen molar-refractivity contribution < 1.29 is 0 Å². The van der Waals surface area contributed by atoms with Gasteiger partial charge in [0.25, 0.3) is 0 Å². The van der Waals surface area contributed by atoms with Crippen molar-refractivity contribution in [2.45, 2.75) is 26.2 Å². The third kappa shape index (κ3) is 1.30. The Morgan fingerprint density at radius 3 is 2.88 bits per heavy atom. The van der Waals surface area contributed by atoms with E-state index >= 15 is 0 Å². The minimum atomic E-state index is 0.381. The van der Waals surface area contributed by atoms with Gasteiger partial charge in [-0.25, -0.2) is 4.98 Å². The van der Waals surface area contributed by atoms with Crippen LogP contribution in [0.3, 0.4) is 0 Å². The molecular formula is C13H13N3. The number of hydrogen-bond donors (Lipinski definition) is 1. The van der Waals surface area contributed by atoms with E-state index in [1.54, 1.807) is 0 Å². The second-order valence-electron chi connectivity index (χ2n) is 5.21. The molecule has 0 bridgehead atoms. The van der Waals surface area contributed by atoms with Crippen LogP contribution in [0.4, 0.5) is 0 Å². The van der Waals surface area contributed by atoms with Gasteiger partial charge in [0.15, 0.2) is 0 Å². The lowest BCUT2D eigenvalue weighted by Gasteiger charge is -1.97. The van der Waals surface area contributed by atoms with E-state index in [0.29, 0.717) is 16.9 Å². The Hall–Kier alpha value is -1.82. The molecule has 1 aromatic carbocycles. The van der Waals surface area contributed by atoms with Crippen LogP contribution in [0.1, 0.15) is 37.6 Å². The lowest BCUT2D eigenvalue weighted by Crippen LogP contribution is -1.91. The van der Waals surface area contributed by atoms with Gasteiger partial charge in [-0.3, -0.25) is 0 Å². The second-order valence-corrected chi connectivity index (χ2v) is 5.21. The van der Waals surface area contributed by atoms with Gasteiger partial charge in [-0.1, -0.05) is 13.8 Å². The highest BCUT2D eigenvalue weighted by molar-refractivity contribution is 5.77. The van der Waals surface area contributed by atoms with Crippen molar-refractivity contribution in [2.75, 3.05) is 0 Å². The number of imidazole rings is 1. The number of nitriles is 1. The van der Waals surface area contributed by atoms with Crippen molar-refractivity contribution in [3.8, 4) is 6.07 Å². The summed E-state index contributed by atoms with van der Waals surface area (Å²) in [6, 6.07) is 7.72. The summed E-state index contributed by atoms with van der Waals surface area (Å²) in [6.45, 7) is 4.51. The largest absolute Gasteiger partial charge is 0.342 e. The molecule has 1 unspecified atom stereocenters. The van der Waals surface area contributed by atoms with Gasteiger partial charge in [-0.05, 0) is 30.0 Å². The summed E-state index contributed by atoms with van der Waals surface area (Å²) in [5.41, 5.74) is 2.98. The van der Waals surface area contributed by atoms with Crippen molar-refractivity contribution in [3.05, 3.63) is 29.6 Å². The minimum Gasteiger partial charge on any atom is -0.342 e. The molecule has 0 saturated heterocycles. The maximum absolute atomic E-state index is 8.82. The van der Waals surface area contributed by atoms with Gasteiger partial charge in [0, 0.05) is 5.92 Å². The normalized spacial score (nSPS) is 21.9. The van der Waals surface area contributed by atoms with E-state index in [1.807, 2.05) is 18.2 Å². The van der Waals surface area contributed by atoms with Crippen molar-refractivity contribution in [1.82, 2.24) is 9.97 Å². The summed E-state index contributed by atoms with van der Waals surface area (Å²) in [7, 11) is 0. The molecule has 0 aliphatic heterocycles. The number of fused-ring (bicyclic) bond motifs is 1. The van der Waals surface area contributed by atoms with E-state index in [1.165, 1.54) is 6.42 Å². The second kappa shape index (κ2) is 2.85. The van der Waals surface area contributed by atoms with Gasteiger partial charge in [0.2, 0.25) is 0 Å². The Morgan fingerprint density at radius 1 is 1.50 bits per heavy atom. The highest BCUT2D eigenvalue weighted by Gasteiger charge is 2.48. The molecule has 0 radical (unpaired) electrons. The number of hydrogen-bond acceptors (Lipinski definition) is 2. The summed E-state index contributed by atoms with van der Waals surface area (Å²) in [5.74, 6) is 1.61. The Labute approximate surface area is 94.1 Å². The summed E-state index contributed by atoms with van der Waals surface area (Å²) >= 11 is 0. The molecule has 3 nitrogen and oxygen atoms in total. The predicted octanol–water partition coefficient (Wildman–Crippen LogP) is 2.95. The Balaban J connectivity index is 2.07. The first-order chi connectivity index (χ1) is 7.60. The van der Waals surface area contributed by atoms with Crippen LogP contribution in [-0.4, -0.2) is 9.97 Å². The number of aromatic nitrogens is 2. The summed E-state index contributed by atoms with van der Waals surface area (Å²) < 4.78 is 0. The lowest BCUT2D eigenvalue weighted by molar-refractivity contribution is 0.612. The third-order valence-electron chi connectivity index (χ3n) is 3.47. The average molecular weight is 211 g/mol. The predicted molar refractivity (Wildman–Crippen MR) is 61.9 cm³/mol. The molecule has 3 heteroatoms. The Morgan fingerprint density at radius 2 is 2.25 bits per heavy atom. The molecule has 1 heterocycles. The smallest absolute Gasteiger partial charge is 0.110 e. The third-order valence-corrected chi connectivity index (χ3v) is 3.47. The summed E-state index contributed by atoms with van der Waals surface area (Å²) in [5, 5.41) is 8.82. The number of rotatable bonds is 1. The molecule has 1 saturated carbocycles. The fourth-order valence-electron chi connectivity index (χ4n) is 2.20. The topological polar surface area (TPSA) is 52.5 Å². The van der Waals surface area contributed by atoms with Crippen LogP contribution in [0.5, 0.6) is 0 Å². The van der Waals surface area contributed by atoms with Crippen LogP contribution >= 0.6 is 0 Å². The number of nitrogens with zero attached hydrogens (tertiary/aromatic N) is 2. The van der Waals surface area contributed by atoms with Crippen LogP contribution in [0, 0.1) is 16.7 Å². The molecule has 0 amide bonds. The molecule has 0 spiro atoms. The Bertz CT molecular complexity index is 601. The number of benzene rings is 1. The van der Waals surface area contributed by atoms with Crippen LogP contribution < -0.4 is 0 Å². The summed E-state index contributed by atoms with van der Waals surface area (Å²) in [6.07, 6.45) is 1.19. The molecule has 16 heavy (non-hydrogen) atoms. The van der Waals surface area contributed by atoms with Gasteiger partial charge in [-0.2, -0.15) is 5.26 Å². The first kappa shape index (κ1) is 9.41. The molecule has 1 atom stereocenters. The Kier molecular flexibility index (Phi) is 1.68. The minimum absolute atomic E-state index is 0.381. The first-order valence-electron chi connectivity index (χ1n) is 5.50.